The van der Waals surface area contributed by atoms with Crippen LogP contribution in [0.25, 0.3) is 0 Å². The van der Waals surface area contributed by atoms with Crippen molar-refractivity contribution in [2.75, 3.05) is 7.11 Å². The third-order valence-electron chi connectivity index (χ3n) is 3.93. The van der Waals surface area contributed by atoms with Gasteiger partial charge in [-0.2, -0.15) is 8.78 Å². The van der Waals surface area contributed by atoms with Crippen molar-refractivity contribution in [1.82, 2.24) is 0 Å². The van der Waals surface area contributed by atoms with Gasteiger partial charge in [0, 0.05) is 15.6 Å². The summed E-state index contributed by atoms with van der Waals surface area (Å²) < 4.78 is 41.0. The molecule has 0 N–H and O–H groups in total. The summed E-state index contributed by atoms with van der Waals surface area (Å²) in [6, 6.07) is 19.6. The minimum atomic E-state index is -3.11. The van der Waals surface area contributed by atoms with E-state index >= 15 is 0 Å². The summed E-state index contributed by atoms with van der Waals surface area (Å²) in [5.74, 6) is -1.98. The molecule has 0 aliphatic carbocycles. The number of rotatable bonds is 6. The first-order valence-corrected chi connectivity index (χ1v) is 8.78. The number of hydrogen-bond acceptors (Lipinski definition) is 2. The number of hydrogen-bond donors (Lipinski definition) is 0. The Morgan fingerprint density at radius 3 is 2.19 bits per heavy atom. The van der Waals surface area contributed by atoms with Gasteiger partial charge in [0.05, 0.1) is 7.11 Å². The highest BCUT2D eigenvalue weighted by atomic mass is 79.9. The lowest BCUT2D eigenvalue weighted by Crippen LogP contribution is -2.15. The van der Waals surface area contributed by atoms with Crippen LogP contribution in [0.1, 0.15) is 16.7 Å². The molecule has 0 fully saturated rings. The molecule has 134 valence electrons. The molecule has 3 aromatic carbocycles. The zero-order valence-electron chi connectivity index (χ0n) is 14.1. The van der Waals surface area contributed by atoms with Gasteiger partial charge in [-0.3, -0.25) is 0 Å². The summed E-state index contributed by atoms with van der Waals surface area (Å²) in [6.45, 7) is 0.275. The molecule has 3 aromatic rings. The van der Waals surface area contributed by atoms with Crippen LogP contribution in [-0.2, 0) is 12.5 Å². The molecule has 2 nitrogen and oxygen atoms in total. The number of halogens is 3. The van der Waals surface area contributed by atoms with Gasteiger partial charge in [-0.1, -0.05) is 58.4 Å². The molecule has 0 bridgehead atoms. The average molecular weight is 419 g/mol. The molecule has 0 spiro atoms. The lowest BCUT2D eigenvalue weighted by molar-refractivity contribution is 0.0424. The molecule has 0 amide bonds. The van der Waals surface area contributed by atoms with Crippen LogP contribution in [0.2, 0.25) is 0 Å². The summed E-state index contributed by atoms with van der Waals surface area (Å²) in [5, 5.41) is 0. The van der Waals surface area contributed by atoms with E-state index < -0.39 is 5.92 Å². The summed E-state index contributed by atoms with van der Waals surface area (Å²) in [7, 11) is 1.60. The van der Waals surface area contributed by atoms with Gasteiger partial charge in [-0.15, -0.1) is 0 Å². The standard InChI is InChI=1S/C21H17BrF2O2/c1-25-19-9-7-15(8-10-19)14-26-20-12-17(11-18(22)13-20)21(23,24)16-5-3-2-4-6-16/h2-13H,14H2,1H3. The van der Waals surface area contributed by atoms with Crippen LogP contribution >= 0.6 is 15.9 Å². The van der Waals surface area contributed by atoms with Crippen molar-refractivity contribution in [3.05, 3.63) is 94.0 Å². The maximum Gasteiger partial charge on any atom is 0.298 e. The Balaban J connectivity index is 1.81. The van der Waals surface area contributed by atoms with Gasteiger partial charge in [-0.05, 0) is 35.9 Å². The van der Waals surface area contributed by atoms with Crippen molar-refractivity contribution in [2.45, 2.75) is 12.5 Å². The molecule has 0 aromatic heterocycles. The topological polar surface area (TPSA) is 18.5 Å². The van der Waals surface area contributed by atoms with Crippen LogP contribution in [0.5, 0.6) is 11.5 Å². The minimum absolute atomic E-state index is 0.0563. The van der Waals surface area contributed by atoms with Crippen LogP contribution < -0.4 is 9.47 Å². The number of alkyl halides is 2. The van der Waals surface area contributed by atoms with E-state index in [2.05, 4.69) is 15.9 Å². The first-order valence-electron chi connectivity index (χ1n) is 7.99. The van der Waals surface area contributed by atoms with Crippen LogP contribution in [0.15, 0.2) is 77.3 Å². The van der Waals surface area contributed by atoms with E-state index in [4.69, 9.17) is 9.47 Å². The molecular weight excluding hydrogens is 402 g/mol. The fourth-order valence-corrected chi connectivity index (χ4v) is 3.00. The van der Waals surface area contributed by atoms with Crippen molar-refractivity contribution in [3.63, 3.8) is 0 Å². The fourth-order valence-electron chi connectivity index (χ4n) is 2.53. The second-order valence-corrected chi connectivity index (χ2v) is 6.67. The van der Waals surface area contributed by atoms with Crippen molar-refractivity contribution >= 4 is 15.9 Å². The highest BCUT2D eigenvalue weighted by Gasteiger charge is 2.34. The van der Waals surface area contributed by atoms with E-state index in [0.717, 1.165) is 11.3 Å². The SMILES string of the molecule is COc1ccc(COc2cc(Br)cc(C(F)(F)c3ccccc3)c2)cc1. The Labute approximate surface area is 159 Å². The van der Waals surface area contributed by atoms with Crippen LogP contribution in [0.4, 0.5) is 8.78 Å². The van der Waals surface area contributed by atoms with E-state index in [0.29, 0.717) is 10.2 Å². The molecule has 0 saturated carbocycles. The summed E-state index contributed by atoms with van der Waals surface area (Å²) in [5.41, 5.74) is 0.740. The molecule has 26 heavy (non-hydrogen) atoms. The Morgan fingerprint density at radius 1 is 0.846 bits per heavy atom. The third kappa shape index (κ3) is 4.22. The number of methoxy groups -OCH3 is 1. The molecule has 0 heterocycles. The second-order valence-electron chi connectivity index (χ2n) is 5.75. The van der Waals surface area contributed by atoms with Gasteiger partial charge in [0.15, 0.2) is 0 Å². The molecule has 0 unspecified atom stereocenters. The molecule has 0 saturated heterocycles. The zero-order chi connectivity index (χ0) is 18.6. The largest absolute Gasteiger partial charge is 0.497 e. The smallest absolute Gasteiger partial charge is 0.298 e. The number of benzene rings is 3. The molecule has 3 rings (SSSR count). The van der Waals surface area contributed by atoms with Gasteiger partial charge < -0.3 is 9.47 Å². The lowest BCUT2D eigenvalue weighted by atomic mass is 10.0. The molecule has 5 heteroatoms. The highest BCUT2D eigenvalue weighted by molar-refractivity contribution is 9.10. The van der Waals surface area contributed by atoms with E-state index in [1.165, 1.54) is 24.3 Å². The molecule has 0 aliphatic heterocycles. The average Bonchev–Trinajstić information content (AvgIpc) is 2.67. The third-order valence-corrected chi connectivity index (χ3v) is 4.39. The van der Waals surface area contributed by atoms with Gasteiger partial charge >= 0.3 is 0 Å². The summed E-state index contributed by atoms with van der Waals surface area (Å²) in [4.78, 5) is 0. The normalized spacial score (nSPS) is 11.2. The van der Waals surface area contributed by atoms with Gasteiger partial charge in [-0.25, -0.2) is 0 Å². The van der Waals surface area contributed by atoms with Crippen LogP contribution in [0.3, 0.4) is 0 Å². The molecular formula is C21H17BrF2O2. The first-order chi connectivity index (χ1) is 12.5. The highest BCUT2D eigenvalue weighted by Crippen LogP contribution is 2.38. The van der Waals surface area contributed by atoms with E-state index in [-0.39, 0.29) is 17.7 Å². The van der Waals surface area contributed by atoms with Crippen molar-refractivity contribution in [2.24, 2.45) is 0 Å². The maximum atomic E-state index is 14.8. The monoisotopic (exact) mass is 418 g/mol. The lowest BCUT2D eigenvalue weighted by Gasteiger charge is -2.19. The van der Waals surface area contributed by atoms with Gasteiger partial charge in [0.1, 0.15) is 18.1 Å². The quantitative estimate of drug-likeness (QED) is 0.475. The molecule has 0 radical (unpaired) electrons. The van der Waals surface area contributed by atoms with E-state index in [1.807, 2.05) is 24.3 Å². The zero-order valence-corrected chi connectivity index (χ0v) is 15.7. The van der Waals surface area contributed by atoms with Crippen LogP contribution in [-0.4, -0.2) is 7.11 Å². The Morgan fingerprint density at radius 2 is 1.54 bits per heavy atom. The maximum absolute atomic E-state index is 14.8. The van der Waals surface area contributed by atoms with Crippen molar-refractivity contribution < 1.29 is 18.3 Å². The van der Waals surface area contributed by atoms with E-state index in [1.54, 1.807) is 31.4 Å². The van der Waals surface area contributed by atoms with Crippen LogP contribution in [0, 0.1) is 0 Å². The van der Waals surface area contributed by atoms with Crippen molar-refractivity contribution in [1.29, 1.82) is 0 Å². The Hall–Kier alpha value is -2.40. The summed E-state index contributed by atoms with van der Waals surface area (Å²) >= 11 is 3.29. The predicted molar refractivity (Wildman–Crippen MR) is 101 cm³/mol. The molecule has 0 atom stereocenters. The summed E-state index contributed by atoms with van der Waals surface area (Å²) in [6.07, 6.45) is 0. The minimum Gasteiger partial charge on any atom is -0.497 e. The molecule has 0 aliphatic rings. The second kappa shape index (κ2) is 7.87. The number of ether oxygens (including phenoxy) is 2. The van der Waals surface area contributed by atoms with E-state index in [9.17, 15) is 8.78 Å². The Bertz CT molecular complexity index is 865. The first kappa shape index (κ1) is 18.4. The Kier molecular flexibility index (Phi) is 5.57. The van der Waals surface area contributed by atoms with Gasteiger partial charge in [0.2, 0.25) is 0 Å². The van der Waals surface area contributed by atoms with Crippen molar-refractivity contribution in [3.8, 4) is 11.5 Å². The fraction of sp³-hybridized carbons (Fsp3) is 0.143. The van der Waals surface area contributed by atoms with Gasteiger partial charge in [0.25, 0.3) is 5.92 Å². The predicted octanol–water partition coefficient (Wildman–Crippen LogP) is 6.18.